The SMILES string of the molecule is CC(C)CNC(=O)C(C)N(Cc1ccccc1Cl)C(=O)CN(c1ccc(Br)cc1)S(C)(=O)=O. The van der Waals surface area contributed by atoms with Gasteiger partial charge in [-0.05, 0) is 48.7 Å². The largest absolute Gasteiger partial charge is 0.354 e. The molecule has 10 heteroatoms. The average molecular weight is 559 g/mol. The number of hydrogen-bond acceptors (Lipinski definition) is 4. The van der Waals surface area contributed by atoms with Crippen molar-refractivity contribution < 1.29 is 18.0 Å². The zero-order valence-electron chi connectivity index (χ0n) is 19.1. The Bertz CT molecular complexity index is 1080. The Balaban J connectivity index is 2.36. The van der Waals surface area contributed by atoms with Gasteiger partial charge in [-0.15, -0.1) is 0 Å². The second-order valence-electron chi connectivity index (χ2n) is 8.17. The number of hydrogen-bond donors (Lipinski definition) is 1. The van der Waals surface area contributed by atoms with Crippen LogP contribution < -0.4 is 9.62 Å². The smallest absolute Gasteiger partial charge is 0.244 e. The molecule has 0 spiro atoms. The van der Waals surface area contributed by atoms with E-state index in [1.807, 2.05) is 13.8 Å². The molecule has 7 nitrogen and oxygen atoms in total. The van der Waals surface area contributed by atoms with Gasteiger partial charge in [0, 0.05) is 22.6 Å². The highest BCUT2D eigenvalue weighted by Gasteiger charge is 2.30. The van der Waals surface area contributed by atoms with E-state index in [0.29, 0.717) is 22.8 Å². The Morgan fingerprint density at radius 2 is 1.67 bits per heavy atom. The maximum absolute atomic E-state index is 13.4. The topological polar surface area (TPSA) is 86.8 Å². The lowest BCUT2D eigenvalue weighted by atomic mass is 10.1. The van der Waals surface area contributed by atoms with E-state index in [0.717, 1.165) is 15.0 Å². The van der Waals surface area contributed by atoms with Crippen LogP contribution in [0.5, 0.6) is 0 Å². The summed E-state index contributed by atoms with van der Waals surface area (Å²) in [6, 6.07) is 12.8. The maximum atomic E-state index is 13.4. The first-order valence-electron chi connectivity index (χ1n) is 10.4. The van der Waals surface area contributed by atoms with E-state index >= 15 is 0 Å². The van der Waals surface area contributed by atoms with Crippen molar-refractivity contribution in [3.8, 4) is 0 Å². The van der Waals surface area contributed by atoms with E-state index in [2.05, 4.69) is 21.2 Å². The first kappa shape index (κ1) is 27.1. The maximum Gasteiger partial charge on any atom is 0.244 e. The molecule has 33 heavy (non-hydrogen) atoms. The van der Waals surface area contributed by atoms with Crippen LogP contribution in [0.15, 0.2) is 53.0 Å². The molecule has 180 valence electrons. The molecule has 0 saturated carbocycles. The summed E-state index contributed by atoms with van der Waals surface area (Å²) >= 11 is 9.62. The van der Waals surface area contributed by atoms with Gasteiger partial charge in [0.25, 0.3) is 0 Å². The quantitative estimate of drug-likeness (QED) is 0.477. The summed E-state index contributed by atoms with van der Waals surface area (Å²) < 4.78 is 26.8. The van der Waals surface area contributed by atoms with Crippen molar-refractivity contribution >= 4 is 55.1 Å². The summed E-state index contributed by atoms with van der Waals surface area (Å²) in [5.41, 5.74) is 1.01. The summed E-state index contributed by atoms with van der Waals surface area (Å²) in [6.07, 6.45) is 1.04. The molecule has 2 aromatic carbocycles. The van der Waals surface area contributed by atoms with Crippen molar-refractivity contribution in [2.45, 2.75) is 33.4 Å². The molecule has 0 saturated heterocycles. The van der Waals surface area contributed by atoms with E-state index in [1.165, 1.54) is 4.90 Å². The number of amides is 2. The molecule has 2 aromatic rings. The predicted molar refractivity (Wildman–Crippen MR) is 136 cm³/mol. The number of halogens is 2. The average Bonchev–Trinajstić information content (AvgIpc) is 2.74. The van der Waals surface area contributed by atoms with E-state index in [-0.39, 0.29) is 18.4 Å². The van der Waals surface area contributed by atoms with Crippen molar-refractivity contribution in [1.82, 2.24) is 10.2 Å². The van der Waals surface area contributed by atoms with Gasteiger partial charge in [-0.1, -0.05) is 59.6 Å². The van der Waals surface area contributed by atoms with Crippen LogP contribution in [-0.4, -0.2) is 50.5 Å². The van der Waals surface area contributed by atoms with Gasteiger partial charge < -0.3 is 10.2 Å². The van der Waals surface area contributed by atoms with Crippen molar-refractivity contribution in [1.29, 1.82) is 0 Å². The summed E-state index contributed by atoms with van der Waals surface area (Å²) in [5.74, 6) is -0.596. The highest BCUT2D eigenvalue weighted by Crippen LogP contribution is 2.23. The molecule has 0 aliphatic heterocycles. The van der Waals surface area contributed by atoms with Crippen LogP contribution in [-0.2, 0) is 26.2 Å². The Morgan fingerprint density at radius 3 is 2.21 bits per heavy atom. The number of benzene rings is 2. The first-order chi connectivity index (χ1) is 15.4. The van der Waals surface area contributed by atoms with Gasteiger partial charge in [0.1, 0.15) is 12.6 Å². The Labute approximate surface area is 209 Å². The van der Waals surface area contributed by atoms with Crippen LogP contribution >= 0.6 is 27.5 Å². The Morgan fingerprint density at radius 1 is 1.06 bits per heavy atom. The fraction of sp³-hybridized carbons (Fsp3) is 0.391. The zero-order valence-corrected chi connectivity index (χ0v) is 22.2. The van der Waals surface area contributed by atoms with Crippen LogP contribution in [0.3, 0.4) is 0 Å². The molecule has 0 fully saturated rings. The third-order valence-electron chi connectivity index (χ3n) is 4.94. The highest BCUT2D eigenvalue weighted by atomic mass is 79.9. The van der Waals surface area contributed by atoms with E-state index in [9.17, 15) is 18.0 Å². The summed E-state index contributed by atoms with van der Waals surface area (Å²) in [6.45, 7) is 5.64. The number of nitrogens with zero attached hydrogens (tertiary/aromatic N) is 2. The molecule has 2 rings (SSSR count). The molecule has 0 aliphatic carbocycles. The molecule has 0 aromatic heterocycles. The number of carbonyl (C=O) groups excluding carboxylic acids is 2. The van der Waals surface area contributed by atoms with Crippen molar-refractivity contribution in [2.24, 2.45) is 5.92 Å². The van der Waals surface area contributed by atoms with Gasteiger partial charge >= 0.3 is 0 Å². The normalized spacial score (nSPS) is 12.3. The molecular weight excluding hydrogens is 530 g/mol. The zero-order chi connectivity index (χ0) is 24.8. The minimum Gasteiger partial charge on any atom is -0.354 e. The lowest BCUT2D eigenvalue weighted by Crippen LogP contribution is -2.51. The first-order valence-corrected chi connectivity index (χ1v) is 13.5. The second kappa shape index (κ2) is 11.9. The predicted octanol–water partition coefficient (Wildman–Crippen LogP) is 4.06. The number of carbonyl (C=O) groups is 2. The Hall–Kier alpha value is -2.10. The molecule has 0 aliphatic rings. The molecule has 1 atom stereocenters. The van der Waals surface area contributed by atoms with Crippen molar-refractivity contribution in [2.75, 3.05) is 23.7 Å². The van der Waals surface area contributed by atoms with Crippen LogP contribution in [0.4, 0.5) is 5.69 Å². The van der Waals surface area contributed by atoms with E-state index < -0.39 is 28.5 Å². The van der Waals surface area contributed by atoms with Gasteiger partial charge in [-0.2, -0.15) is 0 Å². The van der Waals surface area contributed by atoms with Gasteiger partial charge in [-0.3, -0.25) is 13.9 Å². The minimum absolute atomic E-state index is 0.0622. The van der Waals surface area contributed by atoms with Crippen molar-refractivity contribution in [3.63, 3.8) is 0 Å². The third kappa shape index (κ3) is 8.01. The minimum atomic E-state index is -3.76. The number of rotatable bonds is 10. The third-order valence-corrected chi connectivity index (χ3v) is 6.98. The molecular formula is C23H29BrClN3O4S. The van der Waals surface area contributed by atoms with Gasteiger partial charge in [-0.25, -0.2) is 8.42 Å². The van der Waals surface area contributed by atoms with E-state index in [4.69, 9.17) is 11.6 Å². The Kier molecular flexibility index (Phi) is 9.75. The molecule has 2 amide bonds. The van der Waals surface area contributed by atoms with E-state index in [1.54, 1.807) is 55.5 Å². The molecule has 0 bridgehead atoms. The summed E-state index contributed by atoms with van der Waals surface area (Å²) in [7, 11) is -3.76. The molecule has 0 radical (unpaired) electrons. The van der Waals surface area contributed by atoms with Crippen LogP contribution in [0.25, 0.3) is 0 Å². The lowest BCUT2D eigenvalue weighted by molar-refractivity contribution is -0.139. The van der Waals surface area contributed by atoms with Crippen LogP contribution in [0.2, 0.25) is 5.02 Å². The fourth-order valence-electron chi connectivity index (χ4n) is 3.07. The number of nitrogens with one attached hydrogen (secondary N) is 1. The van der Waals surface area contributed by atoms with Gasteiger partial charge in [0.15, 0.2) is 0 Å². The lowest BCUT2D eigenvalue weighted by Gasteiger charge is -2.31. The second-order valence-corrected chi connectivity index (χ2v) is 11.4. The molecule has 1 unspecified atom stereocenters. The highest BCUT2D eigenvalue weighted by molar-refractivity contribution is 9.10. The number of anilines is 1. The summed E-state index contributed by atoms with van der Waals surface area (Å²) in [5, 5.41) is 3.29. The number of sulfonamides is 1. The standard InChI is InChI=1S/C23H29BrClN3O4S/c1-16(2)13-26-23(30)17(3)27(14-18-7-5-6-8-21(18)25)22(29)15-28(33(4,31)32)20-11-9-19(24)10-12-20/h5-12,16-17H,13-15H2,1-4H3,(H,26,30). The van der Waals surface area contributed by atoms with Crippen LogP contribution in [0, 0.1) is 5.92 Å². The fourth-order valence-corrected chi connectivity index (χ4v) is 4.38. The van der Waals surface area contributed by atoms with Crippen molar-refractivity contribution in [3.05, 3.63) is 63.6 Å². The van der Waals surface area contributed by atoms with Gasteiger partial charge in [0.05, 0.1) is 11.9 Å². The molecule has 0 heterocycles. The van der Waals surface area contributed by atoms with Crippen LogP contribution in [0.1, 0.15) is 26.3 Å². The summed E-state index contributed by atoms with van der Waals surface area (Å²) in [4.78, 5) is 27.6. The van der Waals surface area contributed by atoms with Gasteiger partial charge in [0.2, 0.25) is 21.8 Å². The molecule has 1 N–H and O–H groups in total. The monoisotopic (exact) mass is 557 g/mol.